The van der Waals surface area contributed by atoms with Gasteiger partial charge >= 0.3 is 11.8 Å². The van der Waals surface area contributed by atoms with Crippen LogP contribution in [0.4, 0.5) is 17.1 Å². The lowest BCUT2D eigenvalue weighted by Gasteiger charge is -2.07. The summed E-state index contributed by atoms with van der Waals surface area (Å²) in [5.41, 5.74) is 3.18. The van der Waals surface area contributed by atoms with Crippen LogP contribution in [0.2, 0.25) is 5.02 Å². The molecule has 0 radical (unpaired) electrons. The molecule has 0 saturated carbocycles. The van der Waals surface area contributed by atoms with Gasteiger partial charge in [-0.15, -0.1) is 0 Å². The molecule has 0 saturated heterocycles. The molecule has 3 N–H and O–H groups in total. The highest BCUT2D eigenvalue weighted by molar-refractivity contribution is 6.40. The van der Waals surface area contributed by atoms with E-state index in [4.69, 9.17) is 11.6 Å². The molecule has 3 amide bonds. The van der Waals surface area contributed by atoms with E-state index in [2.05, 4.69) is 15.7 Å². The predicted octanol–water partition coefficient (Wildman–Crippen LogP) is 3.02. The van der Waals surface area contributed by atoms with E-state index in [1.807, 2.05) is 5.43 Å². The Labute approximate surface area is 176 Å². The summed E-state index contributed by atoms with van der Waals surface area (Å²) < 4.78 is 0. The van der Waals surface area contributed by atoms with E-state index in [0.29, 0.717) is 10.7 Å². The molecule has 10 nitrogen and oxygen atoms in total. The third-order valence-electron chi connectivity index (χ3n) is 3.78. The average Bonchev–Trinajstić information content (AvgIpc) is 2.69. The Kier molecular flexibility index (Phi) is 7.59. The van der Waals surface area contributed by atoms with E-state index in [9.17, 15) is 24.5 Å². The molecule has 0 atom stereocenters. The van der Waals surface area contributed by atoms with E-state index in [1.165, 1.54) is 31.2 Å². The quantitative estimate of drug-likeness (QED) is 0.279. The van der Waals surface area contributed by atoms with Crippen LogP contribution in [0.3, 0.4) is 0 Å². The van der Waals surface area contributed by atoms with Crippen molar-refractivity contribution in [2.24, 2.45) is 5.10 Å². The lowest BCUT2D eigenvalue weighted by Crippen LogP contribution is -2.33. The molecule has 0 aromatic heterocycles. The van der Waals surface area contributed by atoms with Crippen molar-refractivity contribution in [3.05, 3.63) is 63.2 Å². The SMILES string of the molecule is C/C(CC(=O)Nc1ccccc1[N+](=O)[O-])=N\NC(=O)C(=O)Nc1ccc(C)c(Cl)c1. The van der Waals surface area contributed by atoms with Gasteiger partial charge in [0, 0.05) is 22.5 Å². The van der Waals surface area contributed by atoms with Crippen molar-refractivity contribution in [3.8, 4) is 0 Å². The summed E-state index contributed by atoms with van der Waals surface area (Å²) in [6.45, 7) is 3.25. The molecule has 0 unspecified atom stereocenters. The molecular formula is C19H18ClN5O5. The smallest absolute Gasteiger partial charge is 0.320 e. The maximum absolute atomic E-state index is 12.1. The van der Waals surface area contributed by atoms with E-state index < -0.39 is 22.6 Å². The van der Waals surface area contributed by atoms with Crippen LogP contribution in [0, 0.1) is 17.0 Å². The third kappa shape index (κ3) is 6.38. The molecule has 0 heterocycles. The number of para-hydroxylation sites is 2. The average molecular weight is 432 g/mol. The van der Waals surface area contributed by atoms with Crippen molar-refractivity contribution in [2.75, 3.05) is 10.6 Å². The van der Waals surface area contributed by atoms with Crippen molar-refractivity contribution in [1.82, 2.24) is 5.43 Å². The first-order chi connectivity index (χ1) is 14.2. The minimum atomic E-state index is -1.04. The highest BCUT2D eigenvalue weighted by atomic mass is 35.5. The monoisotopic (exact) mass is 431 g/mol. The number of rotatable bonds is 6. The molecule has 2 aromatic carbocycles. The van der Waals surface area contributed by atoms with Gasteiger partial charge in [0.05, 0.1) is 11.3 Å². The van der Waals surface area contributed by atoms with Crippen LogP contribution < -0.4 is 16.1 Å². The highest BCUT2D eigenvalue weighted by Crippen LogP contribution is 2.23. The molecule has 11 heteroatoms. The number of nitro benzene ring substituents is 1. The second kappa shape index (κ2) is 10.1. The Balaban J connectivity index is 1.90. The minimum absolute atomic E-state index is 0.0421. The van der Waals surface area contributed by atoms with Crippen LogP contribution in [0.25, 0.3) is 0 Å². The van der Waals surface area contributed by atoms with Gasteiger partial charge in [-0.1, -0.05) is 29.8 Å². The topological polar surface area (TPSA) is 143 Å². The summed E-state index contributed by atoms with van der Waals surface area (Å²) in [5, 5.41) is 19.9. The highest BCUT2D eigenvalue weighted by Gasteiger charge is 2.16. The Morgan fingerprint density at radius 2 is 1.80 bits per heavy atom. The molecular weight excluding hydrogens is 414 g/mol. The number of anilines is 2. The summed E-state index contributed by atoms with van der Waals surface area (Å²) in [6, 6.07) is 10.5. The molecule has 0 aliphatic rings. The number of carbonyl (C=O) groups excluding carboxylic acids is 3. The van der Waals surface area contributed by atoms with Gasteiger partial charge in [0.2, 0.25) is 5.91 Å². The predicted molar refractivity (Wildman–Crippen MR) is 112 cm³/mol. The zero-order chi connectivity index (χ0) is 22.3. The zero-order valence-electron chi connectivity index (χ0n) is 16.1. The molecule has 156 valence electrons. The molecule has 0 spiro atoms. The van der Waals surface area contributed by atoms with Crippen molar-refractivity contribution >= 4 is 52.1 Å². The normalized spacial score (nSPS) is 10.8. The van der Waals surface area contributed by atoms with Gasteiger partial charge in [-0.2, -0.15) is 5.10 Å². The van der Waals surface area contributed by atoms with Crippen LogP contribution in [0.1, 0.15) is 18.9 Å². The fourth-order valence-corrected chi connectivity index (χ4v) is 2.44. The Bertz CT molecular complexity index is 1040. The van der Waals surface area contributed by atoms with E-state index in [1.54, 1.807) is 25.1 Å². The van der Waals surface area contributed by atoms with Gasteiger partial charge in [0.1, 0.15) is 5.69 Å². The van der Waals surface area contributed by atoms with Crippen LogP contribution >= 0.6 is 11.6 Å². The number of nitrogens with one attached hydrogen (secondary N) is 3. The molecule has 30 heavy (non-hydrogen) atoms. The fraction of sp³-hybridized carbons (Fsp3) is 0.158. The van der Waals surface area contributed by atoms with E-state index >= 15 is 0 Å². The summed E-state index contributed by atoms with van der Waals surface area (Å²) >= 11 is 5.96. The first-order valence-corrected chi connectivity index (χ1v) is 8.99. The Morgan fingerprint density at radius 3 is 2.47 bits per heavy atom. The van der Waals surface area contributed by atoms with Crippen LogP contribution in [0.15, 0.2) is 47.6 Å². The Morgan fingerprint density at radius 1 is 1.10 bits per heavy atom. The molecule has 2 rings (SSSR count). The van der Waals surface area contributed by atoms with Gasteiger partial charge < -0.3 is 10.6 Å². The first-order valence-electron chi connectivity index (χ1n) is 8.61. The largest absolute Gasteiger partial charge is 0.329 e. The summed E-state index contributed by atoms with van der Waals surface area (Å²) in [6.07, 6.45) is -0.248. The number of hydrogen-bond donors (Lipinski definition) is 3. The zero-order valence-corrected chi connectivity index (χ0v) is 16.8. The molecule has 0 bridgehead atoms. The maximum atomic E-state index is 12.1. The standard InChI is InChI=1S/C19H18ClN5O5/c1-11-7-8-13(10-14(11)20)21-18(27)19(28)24-23-12(2)9-17(26)22-15-5-3-4-6-16(15)25(29)30/h3-8,10H,9H2,1-2H3,(H,21,27)(H,22,26)(H,24,28)/b23-12+. The molecule has 2 aromatic rings. The molecule has 0 fully saturated rings. The molecule has 0 aliphatic heterocycles. The summed E-state index contributed by atoms with van der Waals surface area (Å²) in [4.78, 5) is 46.2. The van der Waals surface area contributed by atoms with Crippen molar-refractivity contribution in [1.29, 1.82) is 0 Å². The van der Waals surface area contributed by atoms with Crippen LogP contribution in [0.5, 0.6) is 0 Å². The van der Waals surface area contributed by atoms with Gasteiger partial charge in [-0.3, -0.25) is 24.5 Å². The van der Waals surface area contributed by atoms with Crippen molar-refractivity contribution < 1.29 is 19.3 Å². The first kappa shape index (κ1) is 22.5. The Hall–Kier alpha value is -3.79. The number of hydrogen-bond acceptors (Lipinski definition) is 6. The number of nitro groups is 1. The van der Waals surface area contributed by atoms with Crippen molar-refractivity contribution in [2.45, 2.75) is 20.3 Å². The minimum Gasteiger partial charge on any atom is -0.320 e. The lowest BCUT2D eigenvalue weighted by molar-refractivity contribution is -0.383. The van der Waals surface area contributed by atoms with Gasteiger partial charge in [0.15, 0.2) is 0 Å². The third-order valence-corrected chi connectivity index (χ3v) is 4.18. The number of benzene rings is 2. The number of amides is 3. The van der Waals surface area contributed by atoms with Crippen LogP contribution in [-0.2, 0) is 14.4 Å². The second-order valence-corrected chi connectivity index (χ2v) is 6.61. The van der Waals surface area contributed by atoms with Crippen LogP contribution in [-0.4, -0.2) is 28.4 Å². The second-order valence-electron chi connectivity index (χ2n) is 6.21. The van der Waals surface area contributed by atoms with E-state index in [0.717, 1.165) is 5.56 Å². The number of halogens is 1. The summed E-state index contributed by atoms with van der Waals surface area (Å²) in [5.74, 6) is -2.57. The van der Waals surface area contributed by atoms with Gasteiger partial charge in [-0.25, -0.2) is 5.43 Å². The van der Waals surface area contributed by atoms with Gasteiger partial charge in [-0.05, 0) is 37.6 Å². The number of aryl methyl sites for hydroxylation is 1. The number of carbonyl (C=O) groups is 3. The molecule has 0 aliphatic carbocycles. The summed E-state index contributed by atoms with van der Waals surface area (Å²) in [7, 11) is 0. The lowest BCUT2D eigenvalue weighted by atomic mass is 10.2. The van der Waals surface area contributed by atoms with Gasteiger partial charge in [0.25, 0.3) is 5.69 Å². The van der Waals surface area contributed by atoms with E-state index in [-0.39, 0.29) is 23.5 Å². The number of nitrogens with zero attached hydrogens (tertiary/aromatic N) is 2. The number of hydrazone groups is 1. The maximum Gasteiger partial charge on any atom is 0.329 e. The van der Waals surface area contributed by atoms with Crippen molar-refractivity contribution in [3.63, 3.8) is 0 Å². The fourth-order valence-electron chi connectivity index (χ4n) is 2.26.